The maximum absolute atomic E-state index is 13.2. The Labute approximate surface area is 547 Å². The molecule has 0 fully saturated rings. The van der Waals surface area contributed by atoms with Crippen molar-refractivity contribution in [3.63, 3.8) is 0 Å². The van der Waals surface area contributed by atoms with Gasteiger partial charge in [0.25, 0.3) is 11.1 Å². The number of hydrogen-bond donors (Lipinski definition) is 11. The second-order valence-electron chi connectivity index (χ2n) is 23.1. The Balaban J connectivity index is 0.000000222. The Morgan fingerprint density at radius 2 is 0.796 bits per heavy atom. The first kappa shape index (κ1) is 73.3. The van der Waals surface area contributed by atoms with Crippen LogP contribution < -0.4 is 61.5 Å². The van der Waals surface area contributed by atoms with Gasteiger partial charge in [-0.05, 0) is 173 Å². The van der Waals surface area contributed by atoms with Crippen LogP contribution in [0.25, 0.3) is 21.8 Å². The number of benzene rings is 5. The van der Waals surface area contributed by atoms with Crippen LogP contribution in [-0.4, -0.2) is 110 Å². The lowest BCUT2D eigenvalue weighted by Gasteiger charge is -2.20. The molecule has 6 atom stereocenters. The van der Waals surface area contributed by atoms with Crippen LogP contribution in [-0.2, 0) is 67.3 Å². The quantitative estimate of drug-likeness (QED) is 0.0231. The number of H-pyrrole nitrogens is 2. The number of para-hydroxylation sites is 2. The van der Waals surface area contributed by atoms with Gasteiger partial charge < -0.3 is 60.3 Å². The Kier molecular flexibility index (Phi) is 31.2. The number of nitrogens with one attached hydrogen (secondary N) is 5. The van der Waals surface area contributed by atoms with E-state index >= 15 is 0 Å². The molecule has 0 saturated carbocycles. The molecule has 5 aromatic carbocycles. The highest BCUT2D eigenvalue weighted by Crippen LogP contribution is 2.17. The Morgan fingerprint density at radius 1 is 0.452 bits per heavy atom. The van der Waals surface area contributed by atoms with Gasteiger partial charge in [-0.3, -0.25) is 38.4 Å². The van der Waals surface area contributed by atoms with E-state index < -0.39 is 36.3 Å². The summed E-state index contributed by atoms with van der Waals surface area (Å²) in [4.78, 5) is 112. The van der Waals surface area contributed by atoms with Crippen LogP contribution >= 0.6 is 11.5 Å². The molecule has 0 spiro atoms. The summed E-state index contributed by atoms with van der Waals surface area (Å²) >= 11 is 1.37. The van der Waals surface area contributed by atoms with E-state index in [4.69, 9.17) is 34.4 Å². The fourth-order valence-corrected chi connectivity index (χ4v) is 11.0. The van der Waals surface area contributed by atoms with Gasteiger partial charge in [0.05, 0.1) is 36.3 Å². The van der Waals surface area contributed by atoms with Crippen LogP contribution in [0.2, 0.25) is 0 Å². The first-order valence-electron chi connectivity index (χ1n) is 31.9. The van der Waals surface area contributed by atoms with E-state index in [9.17, 15) is 38.4 Å². The minimum absolute atomic E-state index is 0.0292. The molecule has 3 amide bonds. The number of carbonyl (C=O) groups excluding carboxylic acids is 6. The molecule has 17 N–H and O–H groups in total. The summed E-state index contributed by atoms with van der Waals surface area (Å²) in [5, 5.41) is 11.1. The summed E-state index contributed by atoms with van der Waals surface area (Å²) < 4.78 is 4.16. The molecule has 0 aliphatic heterocycles. The minimum Gasteiger partial charge on any atom is -0.345 e. The maximum Gasteiger partial charge on any atom is 0.252 e. The number of aromatic amines is 2. The SMILES string of the molecule is Cc1nsc(CCCC(=O)[C@@H](CCc2ccccc2)NC(=O)[C@@H](N)CCCN)n1.NCCC[C@H](N)C(=O)N[C@H](CCc1ccccc1)C(=O)Cc1cc2ccccc2[nH]c1=O.NCCC[C@H](N)C(=O)N[C@H](CCc1ccccc1)C(=O)Cc1cc2ccccc2[nH]c1=O. The largest absolute Gasteiger partial charge is 0.345 e. The smallest absolute Gasteiger partial charge is 0.252 e. The van der Waals surface area contributed by atoms with Crippen LogP contribution in [0.3, 0.4) is 0 Å². The van der Waals surface area contributed by atoms with Crippen molar-refractivity contribution in [3.8, 4) is 0 Å². The third-order valence-electron chi connectivity index (χ3n) is 15.8. The van der Waals surface area contributed by atoms with Crippen molar-refractivity contribution in [2.24, 2.45) is 34.4 Å². The third kappa shape index (κ3) is 25.4. The number of amides is 3. The molecule has 0 unspecified atom stereocenters. The molecule has 8 rings (SSSR count). The summed E-state index contributed by atoms with van der Waals surface area (Å²) in [6, 6.07) is 43.6. The van der Waals surface area contributed by atoms with Gasteiger partial charge in [-0.1, -0.05) is 127 Å². The molecule has 0 aliphatic rings. The van der Waals surface area contributed by atoms with E-state index in [2.05, 4.69) is 35.3 Å². The van der Waals surface area contributed by atoms with Crippen LogP contribution in [0.4, 0.5) is 0 Å². The molecule has 8 aromatic rings. The molecule has 3 aromatic heterocycles. The lowest BCUT2D eigenvalue weighted by atomic mass is 9.97. The van der Waals surface area contributed by atoms with Crippen molar-refractivity contribution in [1.82, 2.24) is 35.3 Å². The highest BCUT2D eigenvalue weighted by molar-refractivity contribution is 7.05. The van der Waals surface area contributed by atoms with Gasteiger partial charge in [0.15, 0.2) is 17.3 Å². The first-order chi connectivity index (χ1) is 44.9. The molecule has 22 heteroatoms. The topological polar surface area (TPSA) is 386 Å². The zero-order valence-electron chi connectivity index (χ0n) is 53.1. The number of pyridine rings is 2. The van der Waals surface area contributed by atoms with Gasteiger partial charge in [0, 0.05) is 47.8 Å². The van der Waals surface area contributed by atoms with E-state index in [1.807, 2.05) is 146 Å². The minimum atomic E-state index is -0.738. The van der Waals surface area contributed by atoms with E-state index in [1.54, 1.807) is 12.1 Å². The van der Waals surface area contributed by atoms with Crippen molar-refractivity contribution in [2.45, 2.75) is 152 Å². The predicted molar refractivity (Wildman–Crippen MR) is 368 cm³/mol. The molecule has 0 bridgehead atoms. The van der Waals surface area contributed by atoms with Crippen molar-refractivity contribution in [1.29, 1.82) is 0 Å². The summed E-state index contributed by atoms with van der Waals surface area (Å²) in [6.07, 6.45) is 8.33. The van der Waals surface area contributed by atoms with E-state index in [1.165, 1.54) is 11.5 Å². The number of Topliss-reactive ketones (excluding diaryl/α,β-unsaturated/α-hetero) is 3. The molecular formula is C71H91N13O8S. The van der Waals surface area contributed by atoms with Gasteiger partial charge in [-0.15, -0.1) is 0 Å². The average molecular weight is 1290 g/mol. The van der Waals surface area contributed by atoms with E-state index in [0.717, 1.165) is 38.3 Å². The van der Waals surface area contributed by atoms with Crippen LogP contribution in [0, 0.1) is 6.92 Å². The molecule has 494 valence electrons. The number of ketones is 3. The molecule has 93 heavy (non-hydrogen) atoms. The molecule has 0 aliphatic carbocycles. The van der Waals surface area contributed by atoms with Gasteiger partial charge in [0.1, 0.15) is 10.8 Å². The number of fused-ring (bicyclic) bond motifs is 2. The number of hydrogen-bond acceptors (Lipinski definition) is 17. The van der Waals surface area contributed by atoms with Crippen molar-refractivity contribution < 1.29 is 28.8 Å². The summed E-state index contributed by atoms with van der Waals surface area (Å²) in [6.45, 7) is 3.24. The lowest BCUT2D eigenvalue weighted by Crippen LogP contribution is -2.49. The Hall–Kier alpha value is -8.74. The highest BCUT2D eigenvalue weighted by Gasteiger charge is 2.27. The monoisotopic (exact) mass is 1290 g/mol. The third-order valence-corrected chi connectivity index (χ3v) is 16.6. The van der Waals surface area contributed by atoms with Gasteiger partial charge in [-0.2, -0.15) is 4.37 Å². The Bertz CT molecular complexity index is 3580. The molecule has 21 nitrogen and oxygen atoms in total. The number of rotatable bonds is 35. The van der Waals surface area contributed by atoms with Crippen molar-refractivity contribution in [2.75, 3.05) is 19.6 Å². The predicted octanol–water partition coefficient (Wildman–Crippen LogP) is 5.57. The maximum atomic E-state index is 13.2. The summed E-state index contributed by atoms with van der Waals surface area (Å²) in [7, 11) is 0. The lowest BCUT2D eigenvalue weighted by molar-refractivity contribution is -0.128. The highest BCUT2D eigenvalue weighted by atomic mass is 32.1. The zero-order chi connectivity index (χ0) is 66.9. The Morgan fingerprint density at radius 3 is 1.14 bits per heavy atom. The molecule has 3 heterocycles. The number of nitrogens with zero attached hydrogens (tertiary/aromatic N) is 2. The number of carbonyl (C=O) groups is 6. The van der Waals surface area contributed by atoms with E-state index in [0.29, 0.717) is 138 Å². The van der Waals surface area contributed by atoms with Crippen LogP contribution in [0.5, 0.6) is 0 Å². The fraction of sp³-hybridized carbons (Fsp3) is 0.380. The van der Waals surface area contributed by atoms with Gasteiger partial charge >= 0.3 is 0 Å². The average Bonchev–Trinajstić information content (AvgIpc) is 1.35. The van der Waals surface area contributed by atoms with Gasteiger partial charge in [-0.25, -0.2) is 4.98 Å². The van der Waals surface area contributed by atoms with Crippen LogP contribution in [0.1, 0.15) is 109 Å². The molecule has 0 saturated heterocycles. The zero-order valence-corrected chi connectivity index (χ0v) is 53.9. The number of nitrogens with two attached hydrogens (primary N) is 6. The normalized spacial score (nSPS) is 13.0. The number of aryl methyl sites for hydroxylation is 5. The second kappa shape index (κ2) is 39.6. The second-order valence-corrected chi connectivity index (χ2v) is 24.0. The fourth-order valence-electron chi connectivity index (χ4n) is 10.4. The molecule has 0 radical (unpaired) electrons. The molecular weight excluding hydrogens is 1190 g/mol. The standard InChI is InChI=1S/2C25H30N4O3.C21H31N5O2S/c2*26-14-6-10-20(27)25(32)29-22(13-12-17-7-2-1-3-8-17)23(30)16-19-15-18-9-4-5-11-21(18)28-24(19)31;1-15-24-20(29-26-15)11-5-10-19(27)18(13-12-16-7-3-2-4-8-16)25-21(28)17(23)9-6-14-22/h2*1-5,7-9,11,15,20,22H,6,10,12-14,16,26-27H2,(H,28,31)(H,29,32);2-4,7-8,17-18H,5-6,9-14,22-23H2,1H3,(H,25,28)/t2*20-,22+;17-,18+/m000/s1. The van der Waals surface area contributed by atoms with Gasteiger partial charge in [0.2, 0.25) is 17.7 Å². The van der Waals surface area contributed by atoms with E-state index in [-0.39, 0.29) is 59.0 Å². The first-order valence-corrected chi connectivity index (χ1v) is 32.7. The summed E-state index contributed by atoms with van der Waals surface area (Å²) in [5.74, 6) is -0.696. The van der Waals surface area contributed by atoms with Crippen molar-refractivity contribution in [3.05, 3.63) is 211 Å². The summed E-state index contributed by atoms with van der Waals surface area (Å²) in [5.41, 5.74) is 39.2. The number of aromatic nitrogens is 4. The van der Waals surface area contributed by atoms with Crippen molar-refractivity contribution >= 4 is 68.4 Å². The van der Waals surface area contributed by atoms with Crippen LogP contribution in [0.15, 0.2) is 161 Å².